The second-order valence-corrected chi connectivity index (χ2v) is 14.2. The number of allylic oxidation sites excluding steroid dienone is 1. The second kappa shape index (κ2) is 8.50. The molecule has 3 aliphatic rings. The molecule has 0 bridgehead atoms. The number of hydrogen-bond acceptors (Lipinski definition) is 6. The molecule has 0 aromatic rings. The fraction of sp³-hybridized carbons (Fsp3) is 0.905. The van der Waals surface area contributed by atoms with E-state index in [2.05, 4.69) is 29.1 Å². The van der Waals surface area contributed by atoms with Gasteiger partial charge in [0.15, 0.2) is 0 Å². The Morgan fingerprint density at radius 3 is 1.97 bits per heavy atom. The van der Waals surface area contributed by atoms with E-state index in [9.17, 15) is 43.2 Å². The first-order valence-electron chi connectivity index (χ1n) is 11.2. The third-order valence-electron chi connectivity index (χ3n) is 8.70. The predicted octanol–water partition coefficient (Wildman–Crippen LogP) is 5.87. The minimum atomic E-state index is -6.13. The maximum absolute atomic E-state index is 13.0. The van der Waals surface area contributed by atoms with E-state index in [1.54, 1.807) is 6.92 Å². The molecule has 35 heavy (non-hydrogen) atoms. The highest BCUT2D eigenvalue weighted by molar-refractivity contribution is 7.87. The first-order chi connectivity index (χ1) is 15.6. The maximum atomic E-state index is 13.0. The van der Waals surface area contributed by atoms with E-state index in [1.165, 1.54) is 0 Å². The van der Waals surface area contributed by atoms with E-state index >= 15 is 0 Å². The number of fused-ring (bicyclic) bond motifs is 3. The highest BCUT2D eigenvalue weighted by Crippen LogP contribution is 2.68. The van der Waals surface area contributed by atoms with E-state index in [4.69, 9.17) is 0 Å². The molecule has 3 rings (SSSR count). The molecular weight excluding hydrogens is 526 g/mol. The zero-order chi connectivity index (χ0) is 26.9. The molecule has 6 nitrogen and oxygen atoms in total. The van der Waals surface area contributed by atoms with Crippen LogP contribution in [0.4, 0.5) is 26.3 Å². The van der Waals surface area contributed by atoms with E-state index in [1.807, 2.05) is 0 Å². The van der Waals surface area contributed by atoms with Gasteiger partial charge < -0.3 is 4.18 Å². The van der Waals surface area contributed by atoms with Crippen LogP contribution in [0, 0.1) is 34.0 Å². The molecule has 5 atom stereocenters. The third kappa shape index (κ3) is 4.83. The SMILES string of the molecule is CC1(C)CCC[C@]2(C)[C@H]3CC=C(OS(=O)(=O)C(F)(F)F)[C@@H](COS(=O)(=O)C(F)(F)F)[C@]3(C)CC[C@@H]12. The van der Waals surface area contributed by atoms with E-state index in [0.29, 0.717) is 12.8 Å². The van der Waals surface area contributed by atoms with Gasteiger partial charge in [0.05, 0.1) is 6.61 Å². The molecule has 0 saturated heterocycles. The first-order valence-corrected chi connectivity index (χ1v) is 14.1. The van der Waals surface area contributed by atoms with Crippen LogP contribution in [0.1, 0.15) is 66.2 Å². The number of rotatable bonds is 5. The Kier molecular flexibility index (Phi) is 6.94. The molecule has 0 aromatic carbocycles. The van der Waals surface area contributed by atoms with E-state index in [-0.39, 0.29) is 29.1 Å². The van der Waals surface area contributed by atoms with Crippen molar-refractivity contribution in [1.82, 2.24) is 0 Å². The lowest BCUT2D eigenvalue weighted by atomic mass is 9.40. The molecule has 3 aliphatic carbocycles. The lowest BCUT2D eigenvalue weighted by molar-refractivity contribution is -0.153. The highest BCUT2D eigenvalue weighted by Gasteiger charge is 2.62. The van der Waals surface area contributed by atoms with Crippen molar-refractivity contribution in [3.05, 3.63) is 11.8 Å². The van der Waals surface area contributed by atoms with Gasteiger partial charge in [0.1, 0.15) is 5.76 Å². The molecule has 0 heterocycles. The van der Waals surface area contributed by atoms with Gasteiger partial charge in [-0.05, 0) is 66.3 Å². The summed E-state index contributed by atoms with van der Waals surface area (Å²) in [6.45, 7) is 6.77. The summed E-state index contributed by atoms with van der Waals surface area (Å²) < 4.78 is 133. The lowest BCUT2D eigenvalue weighted by Gasteiger charge is -2.65. The van der Waals surface area contributed by atoms with Crippen molar-refractivity contribution in [2.75, 3.05) is 6.61 Å². The summed E-state index contributed by atoms with van der Waals surface area (Å²) in [6, 6.07) is 0. The average molecular weight is 557 g/mol. The van der Waals surface area contributed by atoms with Gasteiger partial charge in [0.25, 0.3) is 0 Å². The Hall–Kier alpha value is -1.02. The summed E-state index contributed by atoms with van der Waals surface area (Å²) in [5.74, 6) is -2.25. The van der Waals surface area contributed by atoms with Crippen molar-refractivity contribution < 1.29 is 51.5 Å². The van der Waals surface area contributed by atoms with Gasteiger partial charge in [0.2, 0.25) is 0 Å². The summed E-state index contributed by atoms with van der Waals surface area (Å²) >= 11 is 0. The topological polar surface area (TPSA) is 86.7 Å². The molecule has 2 fully saturated rings. The second-order valence-electron chi connectivity index (χ2n) is 11.1. The molecule has 2 saturated carbocycles. The molecule has 0 amide bonds. The third-order valence-corrected chi connectivity index (χ3v) is 10.7. The van der Waals surface area contributed by atoms with Crippen LogP contribution in [-0.2, 0) is 28.6 Å². The van der Waals surface area contributed by atoms with Crippen LogP contribution in [0.3, 0.4) is 0 Å². The van der Waals surface area contributed by atoms with Crippen molar-refractivity contribution in [1.29, 1.82) is 0 Å². The van der Waals surface area contributed by atoms with Crippen LogP contribution in [-0.4, -0.2) is 34.5 Å². The summed E-state index contributed by atoms with van der Waals surface area (Å²) in [6.07, 6.45) is 4.84. The van der Waals surface area contributed by atoms with Crippen molar-refractivity contribution in [2.45, 2.75) is 77.2 Å². The number of halogens is 6. The van der Waals surface area contributed by atoms with Gasteiger partial charge in [-0.1, -0.05) is 34.1 Å². The average Bonchev–Trinajstić information content (AvgIpc) is 2.64. The molecule has 14 heteroatoms. The Morgan fingerprint density at radius 2 is 1.43 bits per heavy atom. The smallest absolute Gasteiger partial charge is 0.381 e. The van der Waals surface area contributed by atoms with Crippen LogP contribution in [0.5, 0.6) is 0 Å². The van der Waals surface area contributed by atoms with Crippen molar-refractivity contribution in [3.8, 4) is 0 Å². The van der Waals surface area contributed by atoms with Crippen LogP contribution in [0.15, 0.2) is 11.8 Å². The monoisotopic (exact) mass is 556 g/mol. The Balaban J connectivity index is 2.06. The zero-order valence-corrected chi connectivity index (χ0v) is 21.4. The standard InChI is InChI=1S/C21H30F6O6S2/c1-17(2)9-5-10-19(4)15(17)8-11-18(3)13(12-32-34(28,29)20(22,23)24)14(6-7-16(18)19)33-35(30,31)21(25,26)27/h6,13,15-16H,5,7-12H2,1-4H3/t13-,15+,16+,18+,19+/m1/s1. The summed E-state index contributed by atoms with van der Waals surface area (Å²) in [4.78, 5) is 0. The molecule has 0 N–H and O–H groups in total. The van der Waals surface area contributed by atoms with Gasteiger partial charge in [-0.2, -0.15) is 43.2 Å². The van der Waals surface area contributed by atoms with Gasteiger partial charge >= 0.3 is 31.3 Å². The van der Waals surface area contributed by atoms with E-state index in [0.717, 1.165) is 25.3 Å². The molecule has 0 unspecified atom stereocenters. The van der Waals surface area contributed by atoms with E-state index < -0.39 is 55.0 Å². The molecule has 0 aromatic heterocycles. The molecule has 0 spiro atoms. The Bertz CT molecular complexity index is 1080. The maximum Gasteiger partial charge on any atom is 0.534 e. The minimum absolute atomic E-state index is 0.0416. The van der Waals surface area contributed by atoms with Crippen LogP contribution in [0.2, 0.25) is 0 Å². The van der Waals surface area contributed by atoms with Crippen LogP contribution < -0.4 is 0 Å². The van der Waals surface area contributed by atoms with Crippen LogP contribution >= 0.6 is 0 Å². The molecule has 0 aliphatic heterocycles. The zero-order valence-electron chi connectivity index (χ0n) is 19.8. The predicted molar refractivity (Wildman–Crippen MR) is 113 cm³/mol. The number of alkyl halides is 6. The van der Waals surface area contributed by atoms with Crippen molar-refractivity contribution in [3.63, 3.8) is 0 Å². The lowest BCUT2D eigenvalue weighted by Crippen LogP contribution is -2.58. The summed E-state index contributed by atoms with van der Waals surface area (Å²) in [5, 5.41) is 0. The molecule has 204 valence electrons. The van der Waals surface area contributed by atoms with Crippen molar-refractivity contribution in [2.24, 2.45) is 34.0 Å². The molecule has 0 radical (unpaired) electrons. The Morgan fingerprint density at radius 1 is 0.857 bits per heavy atom. The molecular formula is C21H30F6O6S2. The highest BCUT2D eigenvalue weighted by atomic mass is 32.2. The van der Waals surface area contributed by atoms with Crippen molar-refractivity contribution >= 4 is 20.2 Å². The summed E-state index contributed by atoms with van der Waals surface area (Å²) in [7, 11) is -12.2. The van der Waals surface area contributed by atoms with Gasteiger partial charge in [-0.25, -0.2) is 0 Å². The quantitative estimate of drug-likeness (QED) is 0.239. The Labute approximate surface area is 201 Å². The number of hydrogen-bond donors (Lipinski definition) is 0. The largest absolute Gasteiger partial charge is 0.534 e. The van der Waals surface area contributed by atoms with Crippen LogP contribution in [0.25, 0.3) is 0 Å². The minimum Gasteiger partial charge on any atom is -0.381 e. The van der Waals surface area contributed by atoms with Gasteiger partial charge in [0, 0.05) is 5.92 Å². The fourth-order valence-electron chi connectivity index (χ4n) is 7.11. The first kappa shape index (κ1) is 28.5. The normalized spacial score (nSPS) is 36.1. The fourth-order valence-corrected chi connectivity index (χ4v) is 8.09. The van der Waals surface area contributed by atoms with Gasteiger partial charge in [-0.3, -0.25) is 4.18 Å². The van der Waals surface area contributed by atoms with Gasteiger partial charge in [-0.15, -0.1) is 0 Å². The summed E-state index contributed by atoms with van der Waals surface area (Å²) in [5.41, 5.74) is -13.0.